The molecule has 2 heterocycles. The van der Waals surface area contributed by atoms with Crippen molar-refractivity contribution in [3.63, 3.8) is 0 Å². The Morgan fingerprint density at radius 1 is 1.32 bits per heavy atom. The number of hydrogen-bond donors (Lipinski definition) is 1. The van der Waals surface area contributed by atoms with Gasteiger partial charge in [0.2, 0.25) is 0 Å². The van der Waals surface area contributed by atoms with Gasteiger partial charge in [0.25, 0.3) is 0 Å². The number of halogens is 1. The van der Waals surface area contributed by atoms with Crippen LogP contribution < -0.4 is 5.32 Å². The Kier molecular flexibility index (Phi) is 4.45. The number of aryl methyl sites for hydroxylation is 2. The van der Waals surface area contributed by atoms with Crippen LogP contribution in [0.15, 0.2) is 28.8 Å². The van der Waals surface area contributed by atoms with Crippen molar-refractivity contribution in [2.75, 3.05) is 0 Å². The molecule has 22 heavy (non-hydrogen) atoms. The predicted molar refractivity (Wildman–Crippen MR) is 86.8 cm³/mol. The van der Waals surface area contributed by atoms with Crippen LogP contribution in [0.5, 0.6) is 0 Å². The second-order valence-electron chi connectivity index (χ2n) is 5.34. The number of fused-ring (bicyclic) bond motifs is 1. The Labute approximate surface area is 134 Å². The molecule has 0 atom stereocenters. The summed E-state index contributed by atoms with van der Waals surface area (Å²) in [5.74, 6) is 0.842. The lowest BCUT2D eigenvalue weighted by Crippen LogP contribution is -2.13. The van der Waals surface area contributed by atoms with E-state index in [0.29, 0.717) is 13.1 Å². The molecule has 0 aliphatic rings. The van der Waals surface area contributed by atoms with Crippen LogP contribution >= 0.6 is 11.6 Å². The molecule has 3 aromatic rings. The molecule has 0 radical (unpaired) electrons. The fraction of sp³-hybridized carbons (Fsp3) is 0.375. The van der Waals surface area contributed by atoms with Crippen LogP contribution in [0.25, 0.3) is 10.9 Å². The van der Waals surface area contributed by atoms with E-state index in [1.54, 1.807) is 0 Å². The molecule has 116 valence electrons. The van der Waals surface area contributed by atoms with Gasteiger partial charge in [-0.3, -0.25) is 4.68 Å². The average molecular weight is 319 g/mol. The van der Waals surface area contributed by atoms with E-state index in [4.69, 9.17) is 16.1 Å². The summed E-state index contributed by atoms with van der Waals surface area (Å²) in [6.45, 7) is 3.38. The summed E-state index contributed by atoms with van der Waals surface area (Å²) >= 11 is 6.30. The maximum Gasteiger partial charge on any atom is 0.150 e. The zero-order chi connectivity index (χ0) is 15.5. The van der Waals surface area contributed by atoms with Crippen molar-refractivity contribution in [3.05, 3.63) is 46.4 Å². The van der Waals surface area contributed by atoms with Gasteiger partial charge in [-0.15, -0.1) is 0 Å². The summed E-state index contributed by atoms with van der Waals surface area (Å²) in [6, 6.07) is 7.85. The Balaban J connectivity index is 1.69. The number of nitrogens with zero attached hydrogens (tertiary/aromatic N) is 3. The van der Waals surface area contributed by atoms with Gasteiger partial charge in [-0.1, -0.05) is 36.2 Å². The highest BCUT2D eigenvalue weighted by molar-refractivity contribution is 6.35. The van der Waals surface area contributed by atoms with E-state index < -0.39 is 0 Å². The summed E-state index contributed by atoms with van der Waals surface area (Å²) in [4.78, 5) is 0. The number of nitrogens with one attached hydrogen (secondary N) is 1. The second kappa shape index (κ2) is 6.50. The number of hydrogen-bond acceptors (Lipinski definition) is 4. The molecule has 0 fully saturated rings. The van der Waals surface area contributed by atoms with E-state index in [9.17, 15) is 0 Å². The van der Waals surface area contributed by atoms with Crippen LogP contribution in [0.2, 0.25) is 5.02 Å². The molecule has 0 amide bonds. The summed E-state index contributed by atoms with van der Waals surface area (Å²) < 4.78 is 7.16. The average Bonchev–Trinajstić information content (AvgIpc) is 3.06. The van der Waals surface area contributed by atoms with E-state index in [-0.39, 0.29) is 0 Å². The van der Waals surface area contributed by atoms with Gasteiger partial charge >= 0.3 is 0 Å². The summed E-state index contributed by atoms with van der Waals surface area (Å²) in [5.41, 5.74) is 2.98. The monoisotopic (exact) mass is 318 g/mol. The third-order valence-electron chi connectivity index (χ3n) is 3.61. The fourth-order valence-electron chi connectivity index (χ4n) is 2.59. The Bertz CT molecular complexity index is 778. The third-order valence-corrected chi connectivity index (χ3v) is 3.92. The number of benzene rings is 1. The van der Waals surface area contributed by atoms with Gasteiger partial charge in [0.05, 0.1) is 28.5 Å². The van der Waals surface area contributed by atoms with Gasteiger partial charge in [-0.05, 0) is 18.6 Å². The lowest BCUT2D eigenvalue weighted by atomic mass is 10.2. The highest BCUT2D eigenvalue weighted by atomic mass is 35.5. The highest BCUT2D eigenvalue weighted by Gasteiger charge is 2.11. The molecular weight excluding hydrogens is 300 g/mol. The maximum atomic E-state index is 6.30. The molecule has 0 bridgehead atoms. The molecule has 0 aliphatic carbocycles. The molecule has 0 spiro atoms. The van der Waals surface area contributed by atoms with Crippen molar-refractivity contribution in [2.24, 2.45) is 7.05 Å². The molecule has 6 heteroatoms. The summed E-state index contributed by atoms with van der Waals surface area (Å²) in [5, 5.41) is 13.7. The Hall–Kier alpha value is -1.85. The van der Waals surface area contributed by atoms with Crippen molar-refractivity contribution < 1.29 is 4.52 Å². The van der Waals surface area contributed by atoms with E-state index in [1.807, 2.05) is 36.0 Å². The van der Waals surface area contributed by atoms with E-state index >= 15 is 0 Å². The van der Waals surface area contributed by atoms with E-state index in [0.717, 1.165) is 45.9 Å². The van der Waals surface area contributed by atoms with Crippen LogP contribution in [-0.2, 0) is 26.6 Å². The van der Waals surface area contributed by atoms with Crippen molar-refractivity contribution in [1.82, 2.24) is 20.3 Å². The lowest BCUT2D eigenvalue weighted by molar-refractivity contribution is 0.367. The van der Waals surface area contributed by atoms with Gasteiger partial charge in [0, 0.05) is 25.0 Å². The second-order valence-corrected chi connectivity index (χ2v) is 5.75. The van der Waals surface area contributed by atoms with Gasteiger partial charge in [-0.2, -0.15) is 5.10 Å². The minimum atomic E-state index is 0.624. The molecule has 1 aromatic carbocycles. The molecule has 0 saturated carbocycles. The first kappa shape index (κ1) is 15.1. The van der Waals surface area contributed by atoms with Crippen molar-refractivity contribution in [3.8, 4) is 0 Å². The number of aromatic nitrogens is 3. The van der Waals surface area contributed by atoms with Crippen LogP contribution in [0, 0.1) is 0 Å². The Morgan fingerprint density at radius 2 is 2.18 bits per heavy atom. The minimum Gasteiger partial charge on any atom is -0.360 e. The first-order chi connectivity index (χ1) is 10.7. The van der Waals surface area contributed by atoms with Crippen LogP contribution in [0.4, 0.5) is 0 Å². The largest absolute Gasteiger partial charge is 0.360 e. The minimum absolute atomic E-state index is 0.624. The standard InChI is InChI=1S/C16H19ClN4O/c1-3-5-11-8-12(22-20-11)9-18-10-14-16-13(17)6-4-7-15(16)21(2)19-14/h4,6-8,18H,3,5,9-10H2,1-2H3. The molecule has 3 rings (SSSR count). The summed E-state index contributed by atoms with van der Waals surface area (Å²) in [6.07, 6.45) is 2.02. The summed E-state index contributed by atoms with van der Waals surface area (Å²) in [7, 11) is 1.93. The smallest absolute Gasteiger partial charge is 0.150 e. The van der Waals surface area contributed by atoms with Gasteiger partial charge in [0.1, 0.15) is 0 Å². The SMILES string of the molecule is CCCc1cc(CNCc2nn(C)c3cccc(Cl)c23)on1. The van der Waals surface area contributed by atoms with Crippen molar-refractivity contribution in [1.29, 1.82) is 0 Å². The molecular formula is C16H19ClN4O. The van der Waals surface area contributed by atoms with Crippen molar-refractivity contribution >= 4 is 22.5 Å². The highest BCUT2D eigenvalue weighted by Crippen LogP contribution is 2.26. The topological polar surface area (TPSA) is 55.9 Å². The predicted octanol–water partition coefficient (Wildman–Crippen LogP) is 3.46. The zero-order valence-electron chi connectivity index (χ0n) is 12.8. The molecule has 0 saturated heterocycles. The fourth-order valence-corrected chi connectivity index (χ4v) is 2.87. The van der Waals surface area contributed by atoms with Crippen LogP contribution in [0.1, 0.15) is 30.5 Å². The molecule has 0 aliphatic heterocycles. The maximum absolute atomic E-state index is 6.30. The molecule has 2 aromatic heterocycles. The first-order valence-corrected chi connectivity index (χ1v) is 7.82. The normalized spacial score (nSPS) is 11.4. The third kappa shape index (κ3) is 3.00. The zero-order valence-corrected chi connectivity index (χ0v) is 13.5. The quantitative estimate of drug-likeness (QED) is 0.756. The van der Waals surface area contributed by atoms with Gasteiger partial charge in [0.15, 0.2) is 5.76 Å². The van der Waals surface area contributed by atoms with Crippen molar-refractivity contribution in [2.45, 2.75) is 32.9 Å². The first-order valence-electron chi connectivity index (χ1n) is 7.44. The molecule has 5 nitrogen and oxygen atoms in total. The van der Waals surface area contributed by atoms with Crippen LogP contribution in [-0.4, -0.2) is 14.9 Å². The number of rotatable bonds is 6. The Morgan fingerprint density at radius 3 is 3.00 bits per heavy atom. The van der Waals surface area contributed by atoms with Gasteiger partial charge in [-0.25, -0.2) is 0 Å². The van der Waals surface area contributed by atoms with E-state index in [2.05, 4.69) is 22.5 Å². The lowest BCUT2D eigenvalue weighted by Gasteiger charge is -2.00. The van der Waals surface area contributed by atoms with E-state index in [1.165, 1.54) is 0 Å². The van der Waals surface area contributed by atoms with Crippen LogP contribution in [0.3, 0.4) is 0 Å². The molecule has 1 N–H and O–H groups in total. The van der Waals surface area contributed by atoms with Gasteiger partial charge < -0.3 is 9.84 Å². The molecule has 0 unspecified atom stereocenters.